The van der Waals surface area contributed by atoms with Gasteiger partial charge in [-0.25, -0.2) is 0 Å². The molecule has 0 spiro atoms. The van der Waals surface area contributed by atoms with Crippen LogP contribution in [-0.2, 0) is 0 Å². The van der Waals surface area contributed by atoms with Gasteiger partial charge in [-0.15, -0.1) is 0 Å². The van der Waals surface area contributed by atoms with Crippen LogP contribution in [0, 0.1) is 5.92 Å². The van der Waals surface area contributed by atoms with Crippen LogP contribution >= 0.6 is 0 Å². The average molecular weight is 126 g/mol. The van der Waals surface area contributed by atoms with Crippen molar-refractivity contribution in [1.29, 1.82) is 0 Å². The standard InChI is InChI=1S/C7H14N2/c1-7-5-8-4-6(7)2-3-9-7/h6,8-9H,2-5H2,1H3. The van der Waals surface area contributed by atoms with Gasteiger partial charge in [-0.3, -0.25) is 0 Å². The summed E-state index contributed by atoms with van der Waals surface area (Å²) in [7, 11) is 0. The van der Waals surface area contributed by atoms with Gasteiger partial charge in [0.25, 0.3) is 0 Å². The van der Waals surface area contributed by atoms with E-state index in [1.807, 2.05) is 0 Å². The van der Waals surface area contributed by atoms with Gasteiger partial charge in [0.15, 0.2) is 0 Å². The molecule has 52 valence electrons. The first-order valence-corrected chi connectivity index (χ1v) is 3.77. The Hall–Kier alpha value is -0.0800. The van der Waals surface area contributed by atoms with E-state index in [1.54, 1.807) is 0 Å². The molecule has 0 aromatic heterocycles. The van der Waals surface area contributed by atoms with Crippen LogP contribution in [0.4, 0.5) is 0 Å². The van der Waals surface area contributed by atoms with E-state index in [0.29, 0.717) is 5.54 Å². The lowest BCUT2D eigenvalue weighted by molar-refractivity contribution is 0.385. The van der Waals surface area contributed by atoms with Gasteiger partial charge in [0, 0.05) is 12.1 Å². The van der Waals surface area contributed by atoms with Gasteiger partial charge in [0.05, 0.1) is 0 Å². The molecule has 0 aliphatic carbocycles. The molecule has 2 fully saturated rings. The van der Waals surface area contributed by atoms with E-state index >= 15 is 0 Å². The third kappa shape index (κ3) is 0.700. The van der Waals surface area contributed by atoms with Crippen molar-refractivity contribution in [2.75, 3.05) is 19.6 Å². The van der Waals surface area contributed by atoms with Crippen LogP contribution in [0.2, 0.25) is 0 Å². The fraction of sp³-hybridized carbons (Fsp3) is 1.00. The third-order valence-corrected chi connectivity index (χ3v) is 2.81. The molecule has 2 unspecified atom stereocenters. The molecule has 0 amide bonds. The molecule has 2 atom stereocenters. The van der Waals surface area contributed by atoms with E-state index in [0.717, 1.165) is 12.5 Å². The molecule has 2 heteroatoms. The van der Waals surface area contributed by atoms with E-state index in [4.69, 9.17) is 0 Å². The summed E-state index contributed by atoms with van der Waals surface area (Å²) in [5.41, 5.74) is 0.444. The molecule has 2 heterocycles. The van der Waals surface area contributed by atoms with Crippen LogP contribution in [-0.4, -0.2) is 25.2 Å². The summed E-state index contributed by atoms with van der Waals surface area (Å²) >= 11 is 0. The highest BCUT2D eigenvalue weighted by Crippen LogP contribution is 2.28. The first-order chi connectivity index (χ1) is 4.31. The largest absolute Gasteiger partial charge is 0.315 e. The highest BCUT2D eigenvalue weighted by Gasteiger charge is 2.41. The average Bonchev–Trinajstić information content (AvgIpc) is 2.22. The maximum atomic E-state index is 3.53. The minimum absolute atomic E-state index is 0.444. The summed E-state index contributed by atoms with van der Waals surface area (Å²) in [5, 5.41) is 6.93. The summed E-state index contributed by atoms with van der Waals surface area (Å²) in [6, 6.07) is 0. The molecular formula is C7H14N2. The summed E-state index contributed by atoms with van der Waals surface area (Å²) in [6.07, 6.45) is 1.36. The Morgan fingerprint density at radius 1 is 1.56 bits per heavy atom. The smallest absolute Gasteiger partial charge is 0.0318 e. The molecule has 2 aliphatic heterocycles. The maximum Gasteiger partial charge on any atom is 0.0318 e. The summed E-state index contributed by atoms with van der Waals surface area (Å²) in [5.74, 6) is 0.900. The quantitative estimate of drug-likeness (QED) is 0.476. The number of fused-ring (bicyclic) bond motifs is 1. The van der Waals surface area contributed by atoms with Crippen LogP contribution in [0.15, 0.2) is 0 Å². The SMILES string of the molecule is CC12CNCC1CCN2. The van der Waals surface area contributed by atoms with E-state index in [2.05, 4.69) is 17.6 Å². The van der Waals surface area contributed by atoms with E-state index < -0.39 is 0 Å². The third-order valence-electron chi connectivity index (χ3n) is 2.81. The van der Waals surface area contributed by atoms with Crippen molar-refractivity contribution in [3.05, 3.63) is 0 Å². The Morgan fingerprint density at radius 2 is 2.44 bits per heavy atom. The van der Waals surface area contributed by atoms with Crippen LogP contribution < -0.4 is 10.6 Å². The molecule has 0 aromatic carbocycles. The van der Waals surface area contributed by atoms with Gasteiger partial charge in [-0.2, -0.15) is 0 Å². The molecular weight excluding hydrogens is 112 g/mol. The normalized spacial score (nSPS) is 49.7. The minimum atomic E-state index is 0.444. The monoisotopic (exact) mass is 126 g/mol. The second kappa shape index (κ2) is 1.70. The number of nitrogens with one attached hydrogen (secondary N) is 2. The second-order valence-corrected chi connectivity index (χ2v) is 3.46. The molecule has 0 aromatic rings. The fourth-order valence-electron chi connectivity index (χ4n) is 2.04. The Balaban J connectivity index is 2.17. The van der Waals surface area contributed by atoms with Crippen molar-refractivity contribution in [1.82, 2.24) is 10.6 Å². The zero-order chi connectivity index (χ0) is 6.32. The molecule has 9 heavy (non-hydrogen) atoms. The summed E-state index contributed by atoms with van der Waals surface area (Å²) in [4.78, 5) is 0. The molecule has 2 N–H and O–H groups in total. The van der Waals surface area contributed by atoms with Crippen LogP contribution in [0.1, 0.15) is 13.3 Å². The van der Waals surface area contributed by atoms with Crippen LogP contribution in [0.5, 0.6) is 0 Å². The highest BCUT2D eigenvalue weighted by molar-refractivity contribution is 5.02. The number of rotatable bonds is 0. The van der Waals surface area contributed by atoms with Gasteiger partial charge in [0.2, 0.25) is 0 Å². The maximum absolute atomic E-state index is 3.53. The predicted octanol–water partition coefficient (Wildman–Crippen LogP) is -0.0422. The van der Waals surface area contributed by atoms with E-state index in [-0.39, 0.29) is 0 Å². The molecule has 2 saturated heterocycles. The number of hydrogen-bond donors (Lipinski definition) is 2. The summed E-state index contributed by atoms with van der Waals surface area (Å²) in [6.45, 7) is 5.94. The lowest BCUT2D eigenvalue weighted by atomic mass is 9.91. The molecule has 0 bridgehead atoms. The fourth-order valence-corrected chi connectivity index (χ4v) is 2.04. The Bertz CT molecular complexity index is 112. The molecule has 2 nitrogen and oxygen atoms in total. The predicted molar refractivity (Wildman–Crippen MR) is 37.4 cm³/mol. The van der Waals surface area contributed by atoms with Crippen LogP contribution in [0.25, 0.3) is 0 Å². The Kier molecular flexibility index (Phi) is 1.08. The Labute approximate surface area is 56.0 Å². The van der Waals surface area contributed by atoms with Crippen LogP contribution in [0.3, 0.4) is 0 Å². The van der Waals surface area contributed by atoms with E-state index in [9.17, 15) is 0 Å². The first-order valence-electron chi connectivity index (χ1n) is 3.77. The topological polar surface area (TPSA) is 24.1 Å². The van der Waals surface area contributed by atoms with Gasteiger partial charge in [-0.1, -0.05) is 0 Å². The van der Waals surface area contributed by atoms with Crippen molar-refractivity contribution in [3.8, 4) is 0 Å². The molecule has 0 saturated carbocycles. The van der Waals surface area contributed by atoms with Crippen molar-refractivity contribution >= 4 is 0 Å². The molecule has 2 aliphatic rings. The van der Waals surface area contributed by atoms with Crippen molar-refractivity contribution in [2.24, 2.45) is 5.92 Å². The van der Waals surface area contributed by atoms with E-state index in [1.165, 1.54) is 19.5 Å². The molecule has 2 rings (SSSR count). The van der Waals surface area contributed by atoms with Crippen molar-refractivity contribution < 1.29 is 0 Å². The van der Waals surface area contributed by atoms with Gasteiger partial charge < -0.3 is 10.6 Å². The zero-order valence-corrected chi connectivity index (χ0v) is 5.91. The lowest BCUT2D eigenvalue weighted by Gasteiger charge is -2.22. The second-order valence-electron chi connectivity index (χ2n) is 3.46. The summed E-state index contributed by atoms with van der Waals surface area (Å²) < 4.78 is 0. The van der Waals surface area contributed by atoms with Crippen molar-refractivity contribution in [2.45, 2.75) is 18.9 Å². The van der Waals surface area contributed by atoms with Gasteiger partial charge in [0.1, 0.15) is 0 Å². The zero-order valence-electron chi connectivity index (χ0n) is 5.91. The van der Waals surface area contributed by atoms with Crippen molar-refractivity contribution in [3.63, 3.8) is 0 Å². The molecule has 0 radical (unpaired) electrons. The van der Waals surface area contributed by atoms with Gasteiger partial charge in [-0.05, 0) is 32.4 Å². The Morgan fingerprint density at radius 3 is 3.22 bits per heavy atom. The van der Waals surface area contributed by atoms with Gasteiger partial charge >= 0.3 is 0 Å². The highest BCUT2D eigenvalue weighted by atomic mass is 15.1. The minimum Gasteiger partial charge on any atom is -0.315 e. The lowest BCUT2D eigenvalue weighted by Crippen LogP contribution is -2.42. The first kappa shape index (κ1) is 5.69. The number of hydrogen-bond acceptors (Lipinski definition) is 2.